The molecule has 1 atom stereocenters. The Hall–Kier alpha value is -3.79. The molecule has 0 saturated carbocycles. The van der Waals surface area contributed by atoms with Gasteiger partial charge in [0.15, 0.2) is 5.75 Å². The topological polar surface area (TPSA) is 129 Å². The maximum atomic E-state index is 12.6. The zero-order chi connectivity index (χ0) is 24.8. The average Bonchev–Trinajstić information content (AvgIpc) is 2.81. The van der Waals surface area contributed by atoms with E-state index in [1.807, 2.05) is 6.92 Å². The van der Waals surface area contributed by atoms with Gasteiger partial charge in [-0.05, 0) is 35.7 Å². The highest BCUT2D eigenvalue weighted by Crippen LogP contribution is 2.42. The molecule has 1 unspecified atom stereocenters. The van der Waals surface area contributed by atoms with Crippen molar-refractivity contribution in [1.82, 2.24) is 10.6 Å². The number of nitro benzene ring substituents is 1. The summed E-state index contributed by atoms with van der Waals surface area (Å²) >= 11 is 6.00. The number of allylic oxidation sites excluding steroid dienone is 1. The normalized spacial score (nSPS) is 15.3. The van der Waals surface area contributed by atoms with Gasteiger partial charge in [-0.1, -0.05) is 37.1 Å². The first-order valence-electron chi connectivity index (χ1n) is 10.4. The van der Waals surface area contributed by atoms with Gasteiger partial charge in [0.05, 0.1) is 30.8 Å². The summed E-state index contributed by atoms with van der Waals surface area (Å²) < 4.78 is 16.1. The number of nitro groups is 1. The second-order valence-electron chi connectivity index (χ2n) is 7.41. The van der Waals surface area contributed by atoms with Crippen molar-refractivity contribution in [1.29, 1.82) is 0 Å². The Morgan fingerprint density at radius 2 is 2.00 bits per heavy atom. The molecule has 2 aromatic rings. The van der Waals surface area contributed by atoms with Crippen LogP contribution in [0.15, 0.2) is 47.7 Å². The lowest BCUT2D eigenvalue weighted by molar-refractivity contribution is -0.386. The van der Waals surface area contributed by atoms with Crippen molar-refractivity contribution in [3.05, 3.63) is 73.9 Å². The van der Waals surface area contributed by atoms with Crippen LogP contribution in [0.2, 0.25) is 5.02 Å². The van der Waals surface area contributed by atoms with Crippen molar-refractivity contribution in [3.63, 3.8) is 0 Å². The Kier molecular flexibility index (Phi) is 7.95. The van der Waals surface area contributed by atoms with Gasteiger partial charge in [0.25, 0.3) is 0 Å². The van der Waals surface area contributed by atoms with Gasteiger partial charge in [-0.3, -0.25) is 10.1 Å². The van der Waals surface area contributed by atoms with Crippen LogP contribution in [-0.4, -0.2) is 31.1 Å². The summed E-state index contributed by atoms with van der Waals surface area (Å²) in [5.41, 5.74) is 1.14. The van der Waals surface area contributed by atoms with Gasteiger partial charge in [0.1, 0.15) is 6.61 Å². The Morgan fingerprint density at radius 3 is 2.62 bits per heavy atom. The molecule has 2 amide bonds. The number of methoxy groups -OCH3 is 2. The standard InChI is InChI=1S/C23H24ClN3O7/c1-4-6-16-19(22(28)33-3)20(26-23(29)25-16)14-10-17(27(30)31)21(18(11-14)32-2)34-12-13-7-5-8-15(24)9-13/h5,7-11,20H,4,6,12H2,1-3H3,(H2,25,26,29). The first kappa shape index (κ1) is 24.8. The maximum absolute atomic E-state index is 12.6. The van der Waals surface area contributed by atoms with Crippen LogP contribution in [-0.2, 0) is 16.1 Å². The molecule has 1 aliphatic heterocycles. The number of benzene rings is 2. The molecule has 11 heteroatoms. The average molecular weight is 490 g/mol. The molecule has 1 heterocycles. The van der Waals surface area contributed by atoms with Gasteiger partial charge in [-0.15, -0.1) is 0 Å². The van der Waals surface area contributed by atoms with Crippen LogP contribution in [0.25, 0.3) is 0 Å². The van der Waals surface area contributed by atoms with E-state index in [1.165, 1.54) is 26.4 Å². The van der Waals surface area contributed by atoms with Crippen molar-refractivity contribution >= 4 is 29.3 Å². The van der Waals surface area contributed by atoms with Crippen molar-refractivity contribution < 1.29 is 28.7 Å². The maximum Gasteiger partial charge on any atom is 0.337 e. The predicted molar refractivity (Wildman–Crippen MR) is 124 cm³/mol. The van der Waals surface area contributed by atoms with Gasteiger partial charge in [-0.2, -0.15) is 0 Å². The van der Waals surface area contributed by atoms with Crippen LogP contribution < -0.4 is 20.1 Å². The number of carbonyl (C=O) groups is 2. The lowest BCUT2D eigenvalue weighted by atomic mass is 9.93. The Morgan fingerprint density at radius 1 is 1.24 bits per heavy atom. The molecule has 0 aliphatic carbocycles. The van der Waals surface area contributed by atoms with E-state index < -0.39 is 23.0 Å². The largest absolute Gasteiger partial charge is 0.493 e. The van der Waals surface area contributed by atoms with Gasteiger partial charge < -0.3 is 24.8 Å². The number of rotatable bonds is 9. The SMILES string of the molecule is CCCC1=C(C(=O)OC)C(c2cc(OC)c(OCc3cccc(Cl)c3)c([N+](=O)[O-])c2)NC(=O)N1. The van der Waals surface area contributed by atoms with E-state index in [1.54, 1.807) is 24.3 Å². The fraction of sp³-hybridized carbons (Fsp3) is 0.304. The molecule has 0 radical (unpaired) electrons. The minimum absolute atomic E-state index is 0.00908. The Bertz CT molecular complexity index is 1150. The summed E-state index contributed by atoms with van der Waals surface area (Å²) in [6.07, 6.45) is 1.07. The highest BCUT2D eigenvalue weighted by atomic mass is 35.5. The lowest BCUT2D eigenvalue weighted by Gasteiger charge is -2.29. The number of hydrogen-bond donors (Lipinski definition) is 2. The smallest absolute Gasteiger partial charge is 0.337 e. The molecule has 2 aromatic carbocycles. The van der Waals surface area contributed by atoms with Gasteiger partial charge in [-0.25, -0.2) is 9.59 Å². The van der Waals surface area contributed by atoms with Crippen LogP contribution in [0, 0.1) is 10.1 Å². The number of nitrogens with zero attached hydrogens (tertiary/aromatic N) is 1. The number of nitrogens with one attached hydrogen (secondary N) is 2. The third-order valence-electron chi connectivity index (χ3n) is 5.14. The van der Waals surface area contributed by atoms with Crippen molar-refractivity contribution in [2.45, 2.75) is 32.4 Å². The van der Waals surface area contributed by atoms with Crippen molar-refractivity contribution in [2.24, 2.45) is 0 Å². The summed E-state index contributed by atoms with van der Waals surface area (Å²) in [7, 11) is 2.57. The molecular formula is C23H24ClN3O7. The minimum Gasteiger partial charge on any atom is -0.493 e. The van der Waals surface area contributed by atoms with Crippen LogP contribution in [0.4, 0.5) is 10.5 Å². The van der Waals surface area contributed by atoms with Crippen molar-refractivity contribution in [3.8, 4) is 11.5 Å². The molecule has 180 valence electrons. The molecule has 34 heavy (non-hydrogen) atoms. The van der Waals surface area contributed by atoms with E-state index >= 15 is 0 Å². The fourth-order valence-electron chi connectivity index (χ4n) is 3.66. The summed E-state index contributed by atoms with van der Waals surface area (Å²) in [5.74, 6) is -0.682. The van der Waals surface area contributed by atoms with E-state index in [0.717, 1.165) is 0 Å². The number of esters is 1. The summed E-state index contributed by atoms with van der Waals surface area (Å²) in [4.78, 5) is 36.2. The number of ether oxygens (including phenoxy) is 3. The molecule has 0 bridgehead atoms. The second-order valence-corrected chi connectivity index (χ2v) is 7.85. The quantitative estimate of drug-likeness (QED) is 0.303. The van der Waals surface area contributed by atoms with E-state index in [4.69, 9.17) is 25.8 Å². The monoisotopic (exact) mass is 489 g/mol. The highest BCUT2D eigenvalue weighted by molar-refractivity contribution is 6.30. The zero-order valence-corrected chi connectivity index (χ0v) is 19.6. The summed E-state index contributed by atoms with van der Waals surface area (Å²) in [6, 6.07) is 8.11. The first-order chi connectivity index (χ1) is 16.3. The number of amides is 2. The molecule has 2 N–H and O–H groups in total. The highest BCUT2D eigenvalue weighted by Gasteiger charge is 2.35. The van der Waals surface area contributed by atoms with E-state index in [9.17, 15) is 19.7 Å². The Labute approximate surface area is 201 Å². The molecule has 0 saturated heterocycles. The first-order valence-corrected chi connectivity index (χ1v) is 10.8. The zero-order valence-electron chi connectivity index (χ0n) is 18.8. The number of hydrogen-bond acceptors (Lipinski definition) is 7. The van der Waals surface area contributed by atoms with Gasteiger partial charge in [0.2, 0.25) is 5.75 Å². The number of halogens is 1. The minimum atomic E-state index is -0.989. The molecule has 0 fully saturated rings. The van der Waals surface area contributed by atoms with Crippen LogP contribution in [0.1, 0.15) is 36.9 Å². The molecule has 10 nitrogen and oxygen atoms in total. The van der Waals surface area contributed by atoms with Crippen LogP contribution in [0.5, 0.6) is 11.5 Å². The Balaban J connectivity index is 2.08. The van der Waals surface area contributed by atoms with Crippen molar-refractivity contribution in [2.75, 3.05) is 14.2 Å². The second kappa shape index (κ2) is 10.9. The van der Waals surface area contributed by atoms with Gasteiger partial charge >= 0.3 is 17.7 Å². The third kappa shape index (κ3) is 5.40. The molecule has 3 rings (SSSR count). The molecular weight excluding hydrogens is 466 g/mol. The summed E-state index contributed by atoms with van der Waals surface area (Å²) in [6.45, 7) is 1.90. The van der Waals surface area contributed by atoms with Crippen LogP contribution in [0.3, 0.4) is 0 Å². The number of urea groups is 1. The van der Waals surface area contributed by atoms with Gasteiger partial charge in [0, 0.05) is 16.8 Å². The molecule has 0 aromatic heterocycles. The van der Waals surface area contributed by atoms with Crippen LogP contribution >= 0.6 is 11.6 Å². The lowest BCUT2D eigenvalue weighted by Crippen LogP contribution is -2.45. The molecule has 1 aliphatic rings. The van der Waals surface area contributed by atoms with E-state index in [-0.39, 0.29) is 34.9 Å². The molecule has 0 spiro atoms. The fourth-order valence-corrected chi connectivity index (χ4v) is 3.87. The van der Waals surface area contributed by atoms with E-state index in [0.29, 0.717) is 29.1 Å². The summed E-state index contributed by atoms with van der Waals surface area (Å²) in [5, 5.41) is 17.7. The predicted octanol–water partition coefficient (Wildman–Crippen LogP) is 4.42. The third-order valence-corrected chi connectivity index (χ3v) is 5.37. The van der Waals surface area contributed by atoms with E-state index in [2.05, 4.69) is 10.6 Å². The number of carbonyl (C=O) groups excluding carboxylic acids is 2.